The number of hydrogen-bond acceptors (Lipinski definition) is 5. The summed E-state index contributed by atoms with van der Waals surface area (Å²) in [5.41, 5.74) is 2.16. The maximum Gasteiger partial charge on any atom is 0.233 e. The Morgan fingerprint density at radius 3 is 2.79 bits per heavy atom. The van der Waals surface area contributed by atoms with Gasteiger partial charge in [-0.25, -0.2) is 4.68 Å². The Morgan fingerprint density at radius 1 is 1.18 bits per heavy atom. The van der Waals surface area contributed by atoms with Crippen molar-refractivity contribution in [2.45, 2.75) is 44.6 Å². The number of para-hydroxylation sites is 1. The van der Waals surface area contributed by atoms with Crippen LogP contribution < -0.4 is 0 Å². The molecule has 1 amide bonds. The second kappa shape index (κ2) is 9.00. The minimum Gasteiger partial charge on any atom is -0.460 e. The molecular weight excluding hydrogens is 496 g/mol. The Bertz CT molecular complexity index is 1310. The summed E-state index contributed by atoms with van der Waals surface area (Å²) in [7, 11) is 0. The van der Waals surface area contributed by atoms with E-state index in [1.807, 2.05) is 67.3 Å². The van der Waals surface area contributed by atoms with Gasteiger partial charge in [-0.1, -0.05) is 39.3 Å². The summed E-state index contributed by atoms with van der Waals surface area (Å²) in [4.78, 5) is 15.1. The SMILES string of the molecule is Cc1cc(Br)ccc1-n1cc(C2(O)CCCN(C(=O)C(C)c3cc4ccccc4o3)CC2)nn1. The molecule has 0 bridgehead atoms. The molecule has 2 atom stereocenters. The van der Waals surface area contributed by atoms with Crippen molar-refractivity contribution in [3.8, 4) is 5.69 Å². The van der Waals surface area contributed by atoms with Gasteiger partial charge in [0, 0.05) is 22.9 Å². The highest BCUT2D eigenvalue weighted by atomic mass is 79.9. The Balaban J connectivity index is 1.31. The Morgan fingerprint density at radius 2 is 2.00 bits per heavy atom. The van der Waals surface area contributed by atoms with Crippen molar-refractivity contribution in [2.75, 3.05) is 13.1 Å². The number of aryl methyl sites for hydroxylation is 1. The van der Waals surface area contributed by atoms with Crippen LogP contribution in [0.1, 0.15) is 49.1 Å². The summed E-state index contributed by atoms with van der Waals surface area (Å²) in [5, 5.41) is 21.0. The zero-order chi connectivity index (χ0) is 23.9. The van der Waals surface area contributed by atoms with E-state index < -0.39 is 5.60 Å². The lowest BCUT2D eigenvalue weighted by Gasteiger charge is -2.25. The number of hydrogen-bond donors (Lipinski definition) is 1. The molecule has 1 aliphatic heterocycles. The summed E-state index contributed by atoms with van der Waals surface area (Å²) in [6.45, 7) is 4.92. The van der Waals surface area contributed by atoms with Crippen molar-refractivity contribution in [3.63, 3.8) is 0 Å². The zero-order valence-corrected chi connectivity index (χ0v) is 20.8. The minimum atomic E-state index is -1.13. The number of fused-ring (bicyclic) bond motifs is 1. The van der Waals surface area contributed by atoms with Crippen molar-refractivity contribution < 1.29 is 14.3 Å². The summed E-state index contributed by atoms with van der Waals surface area (Å²) < 4.78 is 8.62. The average molecular weight is 523 g/mol. The molecule has 7 nitrogen and oxygen atoms in total. The number of carbonyl (C=O) groups is 1. The number of nitrogens with zero attached hydrogens (tertiary/aromatic N) is 4. The van der Waals surface area contributed by atoms with Crippen LogP contribution in [0.2, 0.25) is 0 Å². The number of aromatic nitrogens is 3. The van der Waals surface area contributed by atoms with Crippen molar-refractivity contribution in [1.82, 2.24) is 19.9 Å². The molecule has 4 aromatic rings. The molecule has 1 N–H and O–H groups in total. The largest absolute Gasteiger partial charge is 0.460 e. The Labute approximate surface area is 206 Å². The molecule has 0 aliphatic carbocycles. The lowest BCUT2D eigenvalue weighted by Crippen LogP contribution is -2.36. The average Bonchev–Trinajstić information content (AvgIpc) is 3.43. The van der Waals surface area contributed by atoms with Crippen molar-refractivity contribution >= 4 is 32.8 Å². The number of likely N-dealkylation sites (tertiary alicyclic amines) is 1. The number of aliphatic hydroxyl groups is 1. The van der Waals surface area contributed by atoms with Crippen LogP contribution in [-0.4, -0.2) is 44.0 Å². The van der Waals surface area contributed by atoms with E-state index in [1.165, 1.54) is 0 Å². The maximum atomic E-state index is 13.3. The van der Waals surface area contributed by atoms with Gasteiger partial charge in [-0.15, -0.1) is 5.10 Å². The topological polar surface area (TPSA) is 84.4 Å². The number of carbonyl (C=O) groups excluding carboxylic acids is 1. The second-order valence-electron chi connectivity index (χ2n) is 9.10. The molecule has 5 rings (SSSR count). The molecule has 1 fully saturated rings. The lowest BCUT2D eigenvalue weighted by atomic mass is 9.92. The van der Waals surface area contributed by atoms with Gasteiger partial charge in [0.2, 0.25) is 5.91 Å². The third-order valence-corrected chi connectivity index (χ3v) is 7.24. The molecule has 1 saturated heterocycles. The van der Waals surface area contributed by atoms with Crippen LogP contribution in [0, 0.1) is 6.92 Å². The van der Waals surface area contributed by atoms with Crippen molar-refractivity contribution in [2.24, 2.45) is 0 Å². The molecular formula is C26H27BrN4O3. The highest BCUT2D eigenvalue weighted by Gasteiger charge is 2.37. The molecule has 176 valence electrons. The number of halogens is 1. The molecule has 0 spiro atoms. The van der Waals surface area contributed by atoms with Crippen LogP contribution in [0.15, 0.2) is 63.6 Å². The standard InChI is InChI=1S/C26H27BrN4O3/c1-17-14-20(27)8-9-21(17)31-16-24(28-29-31)26(33)10-5-12-30(13-11-26)25(32)18(2)23-15-19-6-3-4-7-22(19)34-23/h3-4,6-9,14-16,18,33H,5,10-13H2,1-2H3. The highest BCUT2D eigenvalue weighted by Crippen LogP contribution is 2.34. The predicted octanol–water partition coefficient (Wildman–Crippen LogP) is 5.09. The second-order valence-corrected chi connectivity index (χ2v) is 10.0. The quantitative estimate of drug-likeness (QED) is 0.403. The normalized spacial score (nSPS) is 19.8. The van der Waals surface area contributed by atoms with Crippen LogP contribution in [-0.2, 0) is 10.4 Å². The molecule has 2 aromatic carbocycles. The highest BCUT2D eigenvalue weighted by molar-refractivity contribution is 9.10. The number of rotatable bonds is 4. The van der Waals surface area contributed by atoms with E-state index in [1.54, 1.807) is 10.9 Å². The van der Waals surface area contributed by atoms with E-state index in [4.69, 9.17) is 4.42 Å². The molecule has 1 aliphatic rings. The van der Waals surface area contributed by atoms with Gasteiger partial charge in [0.15, 0.2) is 0 Å². The van der Waals surface area contributed by atoms with Crippen molar-refractivity contribution in [1.29, 1.82) is 0 Å². The first-order chi connectivity index (χ1) is 16.3. The fourth-order valence-corrected chi connectivity index (χ4v) is 5.15. The maximum absolute atomic E-state index is 13.3. The molecule has 3 heterocycles. The van der Waals surface area contributed by atoms with Crippen molar-refractivity contribution in [3.05, 3.63) is 76.2 Å². The van der Waals surface area contributed by atoms with E-state index in [2.05, 4.69) is 26.2 Å². The molecule has 0 radical (unpaired) electrons. The van der Waals surface area contributed by atoms with Gasteiger partial charge in [-0.05, 0) is 69.0 Å². The predicted molar refractivity (Wildman–Crippen MR) is 133 cm³/mol. The first-order valence-electron chi connectivity index (χ1n) is 11.5. The Kier molecular flexibility index (Phi) is 6.04. The third kappa shape index (κ3) is 4.28. The number of benzene rings is 2. The fraction of sp³-hybridized carbons (Fsp3) is 0.346. The van der Waals surface area contributed by atoms with Crippen LogP contribution >= 0.6 is 15.9 Å². The molecule has 8 heteroatoms. The number of amides is 1. The van der Waals surface area contributed by atoms with Gasteiger partial charge in [0.1, 0.15) is 22.6 Å². The van der Waals surface area contributed by atoms with Gasteiger partial charge in [0.05, 0.1) is 17.8 Å². The summed E-state index contributed by atoms with van der Waals surface area (Å²) in [6, 6.07) is 15.6. The molecule has 0 saturated carbocycles. The van der Waals surface area contributed by atoms with Crippen LogP contribution in [0.5, 0.6) is 0 Å². The van der Waals surface area contributed by atoms with Crippen LogP contribution in [0.25, 0.3) is 16.7 Å². The van der Waals surface area contributed by atoms with Gasteiger partial charge in [-0.3, -0.25) is 4.79 Å². The fourth-order valence-electron chi connectivity index (χ4n) is 4.68. The summed E-state index contributed by atoms with van der Waals surface area (Å²) >= 11 is 3.48. The smallest absolute Gasteiger partial charge is 0.233 e. The number of furan rings is 1. The van der Waals surface area contributed by atoms with Gasteiger partial charge >= 0.3 is 0 Å². The van der Waals surface area contributed by atoms with E-state index >= 15 is 0 Å². The van der Waals surface area contributed by atoms with E-state index in [9.17, 15) is 9.90 Å². The monoisotopic (exact) mass is 522 g/mol. The summed E-state index contributed by atoms with van der Waals surface area (Å²) in [5.74, 6) is 0.288. The van der Waals surface area contributed by atoms with E-state index in [-0.39, 0.29) is 11.8 Å². The first kappa shape index (κ1) is 22.8. The van der Waals surface area contributed by atoms with Gasteiger partial charge in [-0.2, -0.15) is 0 Å². The molecule has 2 unspecified atom stereocenters. The van der Waals surface area contributed by atoms with E-state index in [0.717, 1.165) is 26.7 Å². The van der Waals surface area contributed by atoms with E-state index in [0.29, 0.717) is 43.8 Å². The Hall–Kier alpha value is -2.97. The van der Waals surface area contributed by atoms with Gasteiger partial charge in [0.25, 0.3) is 0 Å². The minimum absolute atomic E-state index is 0.0115. The summed E-state index contributed by atoms with van der Waals surface area (Å²) in [6.07, 6.45) is 3.40. The molecule has 34 heavy (non-hydrogen) atoms. The van der Waals surface area contributed by atoms with Crippen LogP contribution in [0.3, 0.4) is 0 Å². The third-order valence-electron chi connectivity index (χ3n) is 6.74. The van der Waals surface area contributed by atoms with Crippen LogP contribution in [0.4, 0.5) is 0 Å². The zero-order valence-electron chi connectivity index (χ0n) is 19.2. The lowest BCUT2D eigenvalue weighted by molar-refractivity contribution is -0.132. The molecule has 2 aromatic heterocycles. The van der Waals surface area contributed by atoms with Gasteiger partial charge < -0.3 is 14.4 Å². The first-order valence-corrected chi connectivity index (χ1v) is 12.3.